The molecule has 2 heteroatoms. The van der Waals surface area contributed by atoms with Crippen molar-refractivity contribution in [1.82, 2.24) is 5.32 Å². The highest BCUT2D eigenvalue weighted by atomic mass is 15.1. The molecule has 0 amide bonds. The third-order valence-electron chi connectivity index (χ3n) is 3.05. The van der Waals surface area contributed by atoms with Crippen LogP contribution in [0.2, 0.25) is 0 Å². The van der Waals surface area contributed by atoms with Crippen molar-refractivity contribution < 1.29 is 0 Å². The molecule has 0 saturated carbocycles. The van der Waals surface area contributed by atoms with Crippen LogP contribution in [0.25, 0.3) is 10.8 Å². The van der Waals surface area contributed by atoms with Crippen molar-refractivity contribution in [3.05, 3.63) is 42.5 Å². The first-order valence-electron chi connectivity index (χ1n) is 6.22. The van der Waals surface area contributed by atoms with Crippen LogP contribution in [-0.4, -0.2) is 26.7 Å². The smallest absolute Gasteiger partial charge is 0.0443 e. The summed E-state index contributed by atoms with van der Waals surface area (Å²) in [5.41, 5.74) is 1.31. The predicted octanol–water partition coefficient (Wildman–Crippen LogP) is 2.89. The molecule has 0 saturated heterocycles. The van der Waals surface area contributed by atoms with Crippen molar-refractivity contribution >= 4 is 16.5 Å². The molecule has 0 aliphatic carbocycles. The van der Waals surface area contributed by atoms with E-state index in [0.717, 1.165) is 19.6 Å². The molecule has 90 valence electrons. The molecule has 0 fully saturated rings. The number of fused-ring (bicyclic) bond motifs is 1. The van der Waals surface area contributed by atoms with Crippen molar-refractivity contribution in [2.45, 2.75) is 6.92 Å². The zero-order valence-corrected chi connectivity index (χ0v) is 10.6. The summed E-state index contributed by atoms with van der Waals surface area (Å²) >= 11 is 0. The molecule has 0 aliphatic rings. The van der Waals surface area contributed by atoms with E-state index in [2.05, 4.69) is 66.7 Å². The van der Waals surface area contributed by atoms with Crippen LogP contribution >= 0.6 is 0 Å². The Kier molecular flexibility index (Phi) is 3.99. The maximum atomic E-state index is 3.36. The molecular weight excluding hydrogens is 208 g/mol. The van der Waals surface area contributed by atoms with E-state index >= 15 is 0 Å². The molecule has 17 heavy (non-hydrogen) atoms. The summed E-state index contributed by atoms with van der Waals surface area (Å²) in [7, 11) is 2.15. The summed E-state index contributed by atoms with van der Waals surface area (Å²) in [4.78, 5) is 2.31. The van der Waals surface area contributed by atoms with Crippen LogP contribution in [-0.2, 0) is 0 Å². The van der Waals surface area contributed by atoms with Crippen molar-refractivity contribution in [3.8, 4) is 0 Å². The van der Waals surface area contributed by atoms with Gasteiger partial charge in [0.1, 0.15) is 0 Å². The molecule has 0 radical (unpaired) electrons. The molecule has 0 aromatic heterocycles. The molecule has 0 aliphatic heterocycles. The van der Waals surface area contributed by atoms with Crippen molar-refractivity contribution in [2.24, 2.45) is 0 Å². The largest absolute Gasteiger partial charge is 0.373 e. The molecule has 0 heterocycles. The maximum absolute atomic E-state index is 3.36. The van der Waals surface area contributed by atoms with Gasteiger partial charge in [0.2, 0.25) is 0 Å². The van der Waals surface area contributed by atoms with E-state index in [9.17, 15) is 0 Å². The molecule has 2 aromatic carbocycles. The van der Waals surface area contributed by atoms with Gasteiger partial charge in [-0.25, -0.2) is 0 Å². The van der Waals surface area contributed by atoms with Gasteiger partial charge in [-0.2, -0.15) is 0 Å². The van der Waals surface area contributed by atoms with Crippen LogP contribution in [0.3, 0.4) is 0 Å². The number of rotatable bonds is 5. The Hall–Kier alpha value is -1.54. The molecule has 0 bridgehead atoms. The van der Waals surface area contributed by atoms with Crippen molar-refractivity contribution in [3.63, 3.8) is 0 Å². The van der Waals surface area contributed by atoms with Crippen molar-refractivity contribution in [2.75, 3.05) is 31.6 Å². The lowest BCUT2D eigenvalue weighted by atomic mass is 10.1. The van der Waals surface area contributed by atoms with Gasteiger partial charge in [0.05, 0.1) is 0 Å². The second kappa shape index (κ2) is 5.69. The SMILES string of the molecule is CCNCCN(C)c1cccc2ccccc12. The summed E-state index contributed by atoms with van der Waals surface area (Å²) in [6.07, 6.45) is 0. The summed E-state index contributed by atoms with van der Waals surface area (Å²) in [6.45, 7) is 5.22. The molecule has 1 N–H and O–H groups in total. The van der Waals surface area contributed by atoms with E-state index in [1.54, 1.807) is 0 Å². The van der Waals surface area contributed by atoms with Gasteiger partial charge in [0.15, 0.2) is 0 Å². The van der Waals surface area contributed by atoms with E-state index < -0.39 is 0 Å². The van der Waals surface area contributed by atoms with Crippen LogP contribution in [0, 0.1) is 0 Å². The van der Waals surface area contributed by atoms with E-state index in [0.29, 0.717) is 0 Å². The lowest BCUT2D eigenvalue weighted by molar-refractivity contribution is 0.707. The minimum atomic E-state index is 1.02. The first-order valence-corrected chi connectivity index (χ1v) is 6.22. The van der Waals surface area contributed by atoms with Crippen LogP contribution in [0.4, 0.5) is 5.69 Å². The second-order valence-electron chi connectivity index (χ2n) is 4.27. The lowest BCUT2D eigenvalue weighted by Crippen LogP contribution is -2.29. The van der Waals surface area contributed by atoms with Gasteiger partial charge in [-0.15, -0.1) is 0 Å². The fourth-order valence-electron chi connectivity index (χ4n) is 2.09. The second-order valence-corrected chi connectivity index (χ2v) is 4.27. The number of hydrogen-bond donors (Lipinski definition) is 1. The van der Waals surface area contributed by atoms with Crippen LogP contribution < -0.4 is 10.2 Å². The Balaban J connectivity index is 2.22. The fraction of sp³-hybridized carbons (Fsp3) is 0.333. The molecular formula is C15H20N2. The van der Waals surface area contributed by atoms with E-state index in [4.69, 9.17) is 0 Å². The number of likely N-dealkylation sites (N-methyl/N-ethyl adjacent to an activating group) is 2. The average molecular weight is 228 g/mol. The van der Waals surface area contributed by atoms with E-state index in [-0.39, 0.29) is 0 Å². The minimum absolute atomic E-state index is 1.02. The van der Waals surface area contributed by atoms with Crippen LogP contribution in [0.5, 0.6) is 0 Å². The van der Waals surface area contributed by atoms with E-state index in [1.807, 2.05) is 0 Å². The summed E-state index contributed by atoms with van der Waals surface area (Å²) < 4.78 is 0. The predicted molar refractivity (Wildman–Crippen MR) is 75.8 cm³/mol. The Labute approximate surface area is 103 Å². The molecule has 2 aromatic rings. The number of anilines is 1. The van der Waals surface area contributed by atoms with Gasteiger partial charge >= 0.3 is 0 Å². The normalized spacial score (nSPS) is 10.7. The Bertz CT molecular complexity index is 474. The van der Waals surface area contributed by atoms with Gasteiger partial charge in [-0.05, 0) is 18.0 Å². The van der Waals surface area contributed by atoms with Crippen molar-refractivity contribution in [1.29, 1.82) is 0 Å². The highest BCUT2D eigenvalue weighted by molar-refractivity contribution is 5.94. The first-order chi connectivity index (χ1) is 8.33. The quantitative estimate of drug-likeness (QED) is 0.792. The van der Waals surface area contributed by atoms with Gasteiger partial charge in [-0.3, -0.25) is 0 Å². The summed E-state index contributed by atoms with van der Waals surface area (Å²) in [5, 5.41) is 5.99. The molecule has 0 spiro atoms. The van der Waals surface area contributed by atoms with Gasteiger partial charge < -0.3 is 10.2 Å². The zero-order valence-electron chi connectivity index (χ0n) is 10.6. The topological polar surface area (TPSA) is 15.3 Å². The average Bonchev–Trinajstić information content (AvgIpc) is 2.38. The third kappa shape index (κ3) is 2.77. The number of benzene rings is 2. The highest BCUT2D eigenvalue weighted by Gasteiger charge is 2.04. The number of nitrogens with one attached hydrogen (secondary N) is 1. The minimum Gasteiger partial charge on any atom is -0.373 e. The number of nitrogens with zero attached hydrogens (tertiary/aromatic N) is 1. The van der Waals surface area contributed by atoms with Gasteiger partial charge in [0.25, 0.3) is 0 Å². The summed E-state index contributed by atoms with van der Waals surface area (Å²) in [6, 6.07) is 15.0. The lowest BCUT2D eigenvalue weighted by Gasteiger charge is -2.21. The van der Waals surface area contributed by atoms with E-state index in [1.165, 1.54) is 16.5 Å². The Morgan fingerprint density at radius 2 is 1.82 bits per heavy atom. The van der Waals surface area contributed by atoms with Gasteiger partial charge in [0, 0.05) is 31.2 Å². The van der Waals surface area contributed by atoms with Crippen LogP contribution in [0.15, 0.2) is 42.5 Å². The Morgan fingerprint density at radius 1 is 1.06 bits per heavy atom. The molecule has 2 rings (SSSR count). The van der Waals surface area contributed by atoms with Gasteiger partial charge in [-0.1, -0.05) is 43.3 Å². The Morgan fingerprint density at radius 3 is 2.65 bits per heavy atom. The molecule has 2 nitrogen and oxygen atoms in total. The maximum Gasteiger partial charge on any atom is 0.0443 e. The third-order valence-corrected chi connectivity index (χ3v) is 3.05. The summed E-state index contributed by atoms with van der Waals surface area (Å²) in [5.74, 6) is 0. The molecule has 0 atom stereocenters. The zero-order chi connectivity index (χ0) is 12.1. The first kappa shape index (κ1) is 11.9. The van der Waals surface area contributed by atoms with Crippen LogP contribution in [0.1, 0.15) is 6.92 Å². The fourth-order valence-corrected chi connectivity index (χ4v) is 2.09. The number of hydrogen-bond acceptors (Lipinski definition) is 2. The standard InChI is InChI=1S/C15H20N2/c1-3-16-11-12-17(2)15-10-6-8-13-7-4-5-9-14(13)15/h4-10,16H,3,11-12H2,1-2H3. The monoisotopic (exact) mass is 228 g/mol. The highest BCUT2D eigenvalue weighted by Crippen LogP contribution is 2.25. The molecule has 0 unspecified atom stereocenters.